The maximum Gasteiger partial charge on any atom is 0.416 e. The van der Waals surface area contributed by atoms with Crippen molar-refractivity contribution in [1.82, 2.24) is 4.98 Å². The fraction of sp³-hybridized carbons (Fsp3) is 0.222. The Morgan fingerprint density at radius 3 is 2.46 bits per heavy atom. The second-order valence-electron chi connectivity index (χ2n) is 5.81. The normalized spacial score (nSPS) is 11.6. The van der Waals surface area contributed by atoms with Crippen molar-refractivity contribution in [3.8, 4) is 5.75 Å². The fourth-order valence-electron chi connectivity index (χ4n) is 2.53. The molecular formula is C18H13F5N2O2S. The molecule has 0 aliphatic carbocycles. The van der Waals surface area contributed by atoms with Gasteiger partial charge in [-0.15, -0.1) is 11.3 Å². The van der Waals surface area contributed by atoms with Crippen LogP contribution >= 0.6 is 11.3 Å². The van der Waals surface area contributed by atoms with Crippen LogP contribution in [0.2, 0.25) is 0 Å². The SMILES string of the molecule is COc1c(F)cc(NC(=O)CCc2nc3cc(C(F)(F)F)ccc3s2)cc1F. The summed E-state index contributed by atoms with van der Waals surface area (Å²) in [6.45, 7) is 0. The molecule has 1 amide bonds. The standard InChI is InChI=1S/C18H13F5N2O2S/c1-27-17-11(19)7-10(8-12(17)20)24-15(26)4-5-16-25-13-6-9(18(21,22)23)2-3-14(13)28-16/h2-3,6-8H,4-5H2,1H3,(H,24,26). The summed E-state index contributed by atoms with van der Waals surface area (Å²) in [4.78, 5) is 16.1. The molecule has 148 valence electrons. The molecule has 0 fully saturated rings. The number of hydrogen-bond donors (Lipinski definition) is 1. The molecule has 0 spiro atoms. The van der Waals surface area contributed by atoms with Gasteiger partial charge in [0.05, 0.1) is 27.9 Å². The number of thiazole rings is 1. The van der Waals surface area contributed by atoms with Gasteiger partial charge in [0.15, 0.2) is 17.4 Å². The van der Waals surface area contributed by atoms with E-state index in [4.69, 9.17) is 0 Å². The van der Waals surface area contributed by atoms with Gasteiger partial charge < -0.3 is 10.1 Å². The Hall–Kier alpha value is -2.75. The number of ether oxygens (including phenoxy) is 1. The lowest BCUT2D eigenvalue weighted by molar-refractivity contribution is -0.137. The van der Waals surface area contributed by atoms with Crippen LogP contribution in [0.15, 0.2) is 30.3 Å². The van der Waals surface area contributed by atoms with Crippen molar-refractivity contribution in [2.24, 2.45) is 0 Å². The van der Waals surface area contributed by atoms with Crippen LogP contribution in [0.3, 0.4) is 0 Å². The first kappa shape index (κ1) is 20.0. The summed E-state index contributed by atoms with van der Waals surface area (Å²) < 4.78 is 70.7. The minimum atomic E-state index is -4.46. The summed E-state index contributed by atoms with van der Waals surface area (Å²) in [6.07, 6.45) is -4.34. The highest BCUT2D eigenvalue weighted by atomic mass is 32.1. The summed E-state index contributed by atoms with van der Waals surface area (Å²) in [5, 5.41) is 2.84. The Kier molecular flexibility index (Phi) is 5.50. The maximum atomic E-state index is 13.6. The van der Waals surface area contributed by atoms with E-state index in [1.165, 1.54) is 17.4 Å². The van der Waals surface area contributed by atoms with Crippen LogP contribution < -0.4 is 10.1 Å². The van der Waals surface area contributed by atoms with E-state index < -0.39 is 35.0 Å². The molecule has 1 heterocycles. The van der Waals surface area contributed by atoms with E-state index in [1.54, 1.807) is 0 Å². The van der Waals surface area contributed by atoms with Crippen LogP contribution in [0.4, 0.5) is 27.6 Å². The quantitative estimate of drug-likeness (QED) is 0.584. The Morgan fingerprint density at radius 1 is 1.18 bits per heavy atom. The van der Waals surface area contributed by atoms with E-state index >= 15 is 0 Å². The molecule has 10 heteroatoms. The number of nitrogens with zero attached hydrogens (tertiary/aromatic N) is 1. The van der Waals surface area contributed by atoms with Crippen LogP contribution in [0.25, 0.3) is 10.2 Å². The van der Waals surface area contributed by atoms with Crippen LogP contribution in [0.5, 0.6) is 5.75 Å². The van der Waals surface area contributed by atoms with Gasteiger partial charge in [-0.1, -0.05) is 0 Å². The van der Waals surface area contributed by atoms with Gasteiger partial charge in [-0.3, -0.25) is 4.79 Å². The Morgan fingerprint density at radius 2 is 1.86 bits per heavy atom. The first-order valence-corrected chi connectivity index (χ1v) is 8.78. The molecule has 1 N–H and O–H groups in total. The maximum absolute atomic E-state index is 13.6. The number of carbonyl (C=O) groups excluding carboxylic acids is 1. The molecule has 0 radical (unpaired) electrons. The lowest BCUT2D eigenvalue weighted by Gasteiger charge is -2.08. The molecule has 0 atom stereocenters. The predicted octanol–water partition coefficient (Wildman–Crippen LogP) is 5.17. The molecule has 0 bridgehead atoms. The van der Waals surface area contributed by atoms with Crippen LogP contribution in [0, 0.1) is 11.6 Å². The number of alkyl halides is 3. The highest BCUT2D eigenvalue weighted by molar-refractivity contribution is 7.18. The summed E-state index contributed by atoms with van der Waals surface area (Å²) in [7, 11) is 1.12. The molecule has 28 heavy (non-hydrogen) atoms. The van der Waals surface area contributed by atoms with Crippen molar-refractivity contribution >= 4 is 33.1 Å². The lowest BCUT2D eigenvalue weighted by atomic mass is 10.2. The molecule has 3 rings (SSSR count). The molecule has 0 aliphatic heterocycles. The topological polar surface area (TPSA) is 51.2 Å². The molecule has 2 aromatic carbocycles. The van der Waals surface area contributed by atoms with Gasteiger partial charge in [0.1, 0.15) is 0 Å². The Bertz CT molecular complexity index is 1010. The van der Waals surface area contributed by atoms with E-state index in [0.29, 0.717) is 9.71 Å². The van der Waals surface area contributed by atoms with Crippen molar-refractivity contribution in [3.05, 3.63) is 52.5 Å². The minimum Gasteiger partial charge on any atom is -0.491 e. The molecule has 0 saturated carbocycles. The Balaban J connectivity index is 1.66. The van der Waals surface area contributed by atoms with Crippen LogP contribution in [-0.2, 0) is 17.4 Å². The van der Waals surface area contributed by atoms with E-state index in [0.717, 1.165) is 31.4 Å². The monoisotopic (exact) mass is 416 g/mol. The second-order valence-corrected chi connectivity index (χ2v) is 6.92. The van der Waals surface area contributed by atoms with E-state index in [9.17, 15) is 26.7 Å². The van der Waals surface area contributed by atoms with Gasteiger partial charge in [-0.05, 0) is 18.2 Å². The van der Waals surface area contributed by atoms with Crippen molar-refractivity contribution in [2.45, 2.75) is 19.0 Å². The van der Waals surface area contributed by atoms with Gasteiger partial charge in [-0.25, -0.2) is 13.8 Å². The highest BCUT2D eigenvalue weighted by Crippen LogP contribution is 2.33. The second kappa shape index (κ2) is 7.70. The molecule has 0 unspecified atom stereocenters. The average Bonchev–Trinajstić information content (AvgIpc) is 3.01. The summed E-state index contributed by atoms with van der Waals surface area (Å²) in [6, 6.07) is 5.12. The molecule has 3 aromatic rings. The average molecular weight is 416 g/mol. The van der Waals surface area contributed by atoms with Gasteiger partial charge in [0, 0.05) is 30.7 Å². The number of anilines is 1. The van der Waals surface area contributed by atoms with E-state index in [2.05, 4.69) is 15.0 Å². The van der Waals surface area contributed by atoms with Crippen molar-refractivity contribution in [2.75, 3.05) is 12.4 Å². The van der Waals surface area contributed by atoms with Gasteiger partial charge >= 0.3 is 6.18 Å². The number of aromatic nitrogens is 1. The molecule has 0 saturated heterocycles. The van der Waals surface area contributed by atoms with Crippen molar-refractivity contribution in [1.29, 1.82) is 0 Å². The van der Waals surface area contributed by atoms with E-state index in [-0.39, 0.29) is 24.0 Å². The number of halogens is 5. The molecule has 4 nitrogen and oxygen atoms in total. The summed E-state index contributed by atoms with van der Waals surface area (Å²) in [5.41, 5.74) is -0.660. The van der Waals surface area contributed by atoms with Crippen LogP contribution in [-0.4, -0.2) is 18.0 Å². The van der Waals surface area contributed by atoms with Gasteiger partial charge in [0.25, 0.3) is 0 Å². The largest absolute Gasteiger partial charge is 0.491 e. The first-order chi connectivity index (χ1) is 13.2. The number of aryl methyl sites for hydroxylation is 1. The number of benzene rings is 2. The highest BCUT2D eigenvalue weighted by Gasteiger charge is 2.30. The third kappa shape index (κ3) is 4.38. The number of hydrogen-bond acceptors (Lipinski definition) is 4. The zero-order valence-electron chi connectivity index (χ0n) is 14.4. The fourth-order valence-corrected chi connectivity index (χ4v) is 3.48. The van der Waals surface area contributed by atoms with E-state index in [1.807, 2.05) is 0 Å². The molecule has 0 aliphatic rings. The number of amides is 1. The third-order valence-corrected chi connectivity index (χ3v) is 4.91. The lowest BCUT2D eigenvalue weighted by Crippen LogP contribution is -2.13. The molecule has 1 aromatic heterocycles. The summed E-state index contributed by atoms with van der Waals surface area (Å²) >= 11 is 1.18. The van der Waals surface area contributed by atoms with Crippen molar-refractivity contribution in [3.63, 3.8) is 0 Å². The molecular weight excluding hydrogens is 403 g/mol. The number of rotatable bonds is 5. The van der Waals surface area contributed by atoms with Crippen LogP contribution in [0.1, 0.15) is 17.0 Å². The predicted molar refractivity (Wildman–Crippen MR) is 94.5 cm³/mol. The van der Waals surface area contributed by atoms with Gasteiger partial charge in [-0.2, -0.15) is 13.2 Å². The van der Waals surface area contributed by atoms with Gasteiger partial charge in [0.2, 0.25) is 5.91 Å². The Labute approximate surface area is 160 Å². The summed E-state index contributed by atoms with van der Waals surface area (Å²) in [5.74, 6) is -2.97. The zero-order valence-corrected chi connectivity index (χ0v) is 15.2. The number of nitrogens with one attached hydrogen (secondary N) is 1. The first-order valence-electron chi connectivity index (χ1n) is 7.97. The smallest absolute Gasteiger partial charge is 0.416 e. The number of methoxy groups -OCH3 is 1. The van der Waals surface area contributed by atoms with Crippen molar-refractivity contribution < 1.29 is 31.5 Å². The third-order valence-electron chi connectivity index (χ3n) is 3.81. The zero-order chi connectivity index (χ0) is 20.5. The number of fused-ring (bicyclic) bond motifs is 1. The number of carbonyl (C=O) groups is 1. The minimum absolute atomic E-state index is 0.0543.